The highest BCUT2D eigenvalue weighted by Gasteiger charge is 2.52. The van der Waals surface area contributed by atoms with Crippen LogP contribution in [-0.4, -0.2) is 23.4 Å². The van der Waals surface area contributed by atoms with Crippen molar-refractivity contribution in [1.82, 2.24) is 0 Å². The van der Waals surface area contributed by atoms with E-state index in [-0.39, 0.29) is 32.9 Å². The number of carbonyl (C=O) groups is 1. The molecule has 10 heteroatoms. The van der Waals surface area contributed by atoms with Gasteiger partial charge in [0, 0.05) is 12.1 Å². The Bertz CT molecular complexity index is 901. The van der Waals surface area contributed by atoms with Gasteiger partial charge in [-0.15, -0.1) is 0 Å². The average Bonchev–Trinajstić information content (AvgIpc) is 2.57. The lowest BCUT2D eigenvalue weighted by Crippen LogP contribution is -2.47. The highest BCUT2D eigenvalue weighted by atomic mass is 35.5. The van der Waals surface area contributed by atoms with Crippen molar-refractivity contribution >= 4 is 29.2 Å². The molecule has 0 bridgehead atoms. The predicted octanol–water partition coefficient (Wildman–Crippen LogP) is 5.49. The summed E-state index contributed by atoms with van der Waals surface area (Å²) in [4.78, 5) is 11.2. The van der Waals surface area contributed by atoms with Crippen molar-refractivity contribution in [3.63, 3.8) is 0 Å². The first kappa shape index (κ1) is 19.6. The summed E-state index contributed by atoms with van der Waals surface area (Å²) in [5.74, 6) is -4.44. The van der Waals surface area contributed by atoms with Gasteiger partial charge < -0.3 is 14.6 Å². The number of rotatable bonds is 3. The van der Waals surface area contributed by atoms with E-state index in [0.29, 0.717) is 0 Å². The third-order valence-corrected chi connectivity index (χ3v) is 4.53. The van der Waals surface area contributed by atoms with Gasteiger partial charge in [0.15, 0.2) is 0 Å². The van der Waals surface area contributed by atoms with Crippen LogP contribution in [0.4, 0.5) is 17.6 Å². The predicted molar refractivity (Wildman–Crippen MR) is 88.2 cm³/mol. The number of ether oxygens (including phenoxy) is 2. The molecule has 1 aliphatic heterocycles. The number of fused-ring (bicyclic) bond motifs is 1. The molecule has 2 atom stereocenters. The minimum atomic E-state index is -4.87. The average molecular weight is 425 g/mol. The molecule has 0 fully saturated rings. The highest BCUT2D eigenvalue weighted by Crippen LogP contribution is 2.43. The largest absolute Gasteiger partial charge is 0.481 e. The SMILES string of the molecule is O=C(O)[C@@H]1Cc2cc(Cl)c(Oc3ccc(Cl)c(F)c3)cc2O[C@@H]1C(F)(F)F. The molecule has 0 aliphatic carbocycles. The summed E-state index contributed by atoms with van der Waals surface area (Å²) in [6, 6.07) is 5.95. The van der Waals surface area contributed by atoms with E-state index >= 15 is 0 Å². The first-order valence-electron chi connectivity index (χ1n) is 7.47. The van der Waals surface area contributed by atoms with E-state index in [0.717, 1.165) is 12.1 Å². The number of alkyl halides is 3. The third kappa shape index (κ3) is 4.06. The molecule has 0 saturated carbocycles. The van der Waals surface area contributed by atoms with E-state index in [1.165, 1.54) is 18.2 Å². The first-order valence-corrected chi connectivity index (χ1v) is 8.23. The Kier molecular flexibility index (Phi) is 5.14. The first-order chi connectivity index (χ1) is 12.6. The standard InChI is InChI=1S/C17H10Cl2F4O4/c18-10-2-1-8(5-12(10)20)26-14-6-13-7(4-11(14)19)3-9(16(24)25)15(27-13)17(21,22)23/h1-2,4-6,9,15H,3H2,(H,24,25)/t9-,15+/m1/s1. The number of hydrogen-bond acceptors (Lipinski definition) is 3. The summed E-state index contributed by atoms with van der Waals surface area (Å²) in [6.07, 6.45) is -7.80. The Morgan fingerprint density at radius 2 is 1.89 bits per heavy atom. The van der Waals surface area contributed by atoms with Crippen LogP contribution >= 0.6 is 23.2 Å². The maximum atomic E-state index is 13.5. The van der Waals surface area contributed by atoms with E-state index in [1.807, 2.05) is 0 Å². The normalized spacial score (nSPS) is 19.2. The van der Waals surface area contributed by atoms with E-state index in [4.69, 9.17) is 37.8 Å². The quantitative estimate of drug-likeness (QED) is 0.661. The molecule has 0 radical (unpaired) electrons. The Balaban J connectivity index is 1.95. The van der Waals surface area contributed by atoms with Crippen molar-refractivity contribution in [3.8, 4) is 17.2 Å². The third-order valence-electron chi connectivity index (χ3n) is 3.93. The molecule has 2 aromatic carbocycles. The lowest BCUT2D eigenvalue weighted by atomic mass is 9.90. The molecule has 4 nitrogen and oxygen atoms in total. The molecule has 1 N–H and O–H groups in total. The summed E-state index contributed by atoms with van der Waals surface area (Å²) in [5.41, 5.74) is 0.197. The van der Waals surface area contributed by atoms with Gasteiger partial charge in [0.2, 0.25) is 6.10 Å². The summed E-state index contributed by atoms with van der Waals surface area (Å²) in [6.45, 7) is 0. The zero-order chi connectivity index (χ0) is 19.9. The minimum Gasteiger partial charge on any atom is -0.481 e. The topological polar surface area (TPSA) is 55.8 Å². The molecule has 0 aromatic heterocycles. The second-order valence-electron chi connectivity index (χ2n) is 5.80. The monoisotopic (exact) mass is 424 g/mol. The van der Waals surface area contributed by atoms with Crippen LogP contribution in [0.3, 0.4) is 0 Å². The van der Waals surface area contributed by atoms with Crippen LogP contribution in [0.25, 0.3) is 0 Å². The van der Waals surface area contributed by atoms with Crippen molar-refractivity contribution in [2.45, 2.75) is 18.7 Å². The number of aliphatic carboxylic acids is 1. The summed E-state index contributed by atoms with van der Waals surface area (Å²) in [5, 5.41) is 8.95. The number of carboxylic acids is 1. The molecular weight excluding hydrogens is 415 g/mol. The van der Waals surface area contributed by atoms with E-state index < -0.39 is 36.4 Å². The van der Waals surface area contributed by atoms with Crippen molar-refractivity contribution in [1.29, 1.82) is 0 Å². The van der Waals surface area contributed by atoms with Gasteiger partial charge in [-0.25, -0.2) is 4.39 Å². The maximum absolute atomic E-state index is 13.5. The molecule has 0 saturated heterocycles. The summed E-state index contributed by atoms with van der Waals surface area (Å²) < 4.78 is 63.3. The van der Waals surface area contributed by atoms with Gasteiger partial charge in [0.25, 0.3) is 0 Å². The van der Waals surface area contributed by atoms with Crippen LogP contribution in [0.1, 0.15) is 5.56 Å². The molecule has 3 rings (SSSR count). The Morgan fingerprint density at radius 3 is 2.48 bits per heavy atom. The fourth-order valence-corrected chi connectivity index (χ4v) is 3.01. The van der Waals surface area contributed by atoms with Crippen LogP contribution in [0.15, 0.2) is 30.3 Å². The molecule has 1 aliphatic rings. The maximum Gasteiger partial charge on any atom is 0.426 e. The van der Waals surface area contributed by atoms with E-state index in [1.54, 1.807) is 0 Å². The van der Waals surface area contributed by atoms with Crippen LogP contribution < -0.4 is 9.47 Å². The highest BCUT2D eigenvalue weighted by molar-refractivity contribution is 6.32. The molecule has 2 aromatic rings. The van der Waals surface area contributed by atoms with Gasteiger partial charge in [-0.05, 0) is 30.2 Å². The number of halogens is 6. The van der Waals surface area contributed by atoms with E-state index in [9.17, 15) is 22.4 Å². The zero-order valence-corrected chi connectivity index (χ0v) is 14.7. The summed E-state index contributed by atoms with van der Waals surface area (Å²) >= 11 is 11.6. The zero-order valence-electron chi connectivity index (χ0n) is 13.2. The Morgan fingerprint density at radius 1 is 1.19 bits per heavy atom. The van der Waals surface area contributed by atoms with Crippen molar-refractivity contribution in [2.24, 2.45) is 5.92 Å². The van der Waals surface area contributed by atoms with Gasteiger partial charge in [-0.1, -0.05) is 23.2 Å². The second kappa shape index (κ2) is 7.09. The second-order valence-corrected chi connectivity index (χ2v) is 6.61. The minimum absolute atomic E-state index is 0.00213. The molecule has 1 heterocycles. The van der Waals surface area contributed by atoms with Crippen molar-refractivity contribution in [3.05, 3.63) is 51.8 Å². The summed E-state index contributed by atoms with van der Waals surface area (Å²) in [7, 11) is 0. The van der Waals surface area contributed by atoms with Crippen LogP contribution in [0, 0.1) is 11.7 Å². The van der Waals surface area contributed by atoms with Crippen LogP contribution in [-0.2, 0) is 11.2 Å². The van der Waals surface area contributed by atoms with Gasteiger partial charge in [-0.2, -0.15) is 13.2 Å². The van der Waals surface area contributed by atoms with Crippen LogP contribution in [0.2, 0.25) is 10.0 Å². The number of carboxylic acid groups (broad SMARTS) is 1. The van der Waals surface area contributed by atoms with Crippen molar-refractivity contribution in [2.75, 3.05) is 0 Å². The van der Waals surface area contributed by atoms with E-state index in [2.05, 4.69) is 0 Å². The fourth-order valence-electron chi connectivity index (χ4n) is 2.67. The Labute approximate surface area is 160 Å². The van der Waals surface area contributed by atoms with Gasteiger partial charge >= 0.3 is 12.1 Å². The number of hydrogen-bond donors (Lipinski definition) is 1. The fraction of sp³-hybridized carbons (Fsp3) is 0.235. The lowest BCUT2D eigenvalue weighted by molar-refractivity contribution is -0.217. The Hall–Kier alpha value is -2.19. The number of benzene rings is 2. The molecule has 0 unspecified atom stereocenters. The van der Waals surface area contributed by atoms with Gasteiger partial charge in [0.1, 0.15) is 29.0 Å². The molecular formula is C17H10Cl2F4O4. The van der Waals surface area contributed by atoms with Crippen LogP contribution in [0.5, 0.6) is 17.2 Å². The van der Waals surface area contributed by atoms with Gasteiger partial charge in [-0.3, -0.25) is 4.79 Å². The van der Waals surface area contributed by atoms with Gasteiger partial charge in [0.05, 0.1) is 10.0 Å². The molecule has 144 valence electrons. The molecule has 0 amide bonds. The lowest BCUT2D eigenvalue weighted by Gasteiger charge is -2.32. The smallest absolute Gasteiger partial charge is 0.426 e. The molecule has 0 spiro atoms. The van der Waals surface area contributed by atoms with Crippen molar-refractivity contribution < 1.29 is 36.9 Å². The molecule has 27 heavy (non-hydrogen) atoms.